The first-order chi connectivity index (χ1) is 30.5. The average molecular weight is 803 g/mol. The van der Waals surface area contributed by atoms with Crippen LogP contribution in [0.15, 0.2) is 199 Å². The summed E-state index contributed by atoms with van der Waals surface area (Å²) in [5, 5.41) is 7.27. The summed E-state index contributed by atoms with van der Waals surface area (Å²) in [7, 11) is 0. The Bertz CT molecular complexity index is 3300. The molecule has 0 atom stereocenters. The Kier molecular flexibility index (Phi) is 11.0. The minimum absolute atomic E-state index is 0.787. The molecule has 3 heteroatoms. The second-order valence-corrected chi connectivity index (χ2v) is 15.3. The normalized spacial score (nSPS) is 11.7. The molecule has 3 nitrogen and oxygen atoms in total. The van der Waals surface area contributed by atoms with E-state index in [0.717, 1.165) is 50.8 Å². The highest BCUT2D eigenvalue weighted by Crippen LogP contribution is 2.42. The van der Waals surface area contributed by atoms with Crippen LogP contribution in [0, 0.1) is 6.92 Å². The van der Waals surface area contributed by atoms with Crippen LogP contribution in [0.3, 0.4) is 0 Å². The number of rotatable bonds is 9. The van der Waals surface area contributed by atoms with E-state index in [1.54, 1.807) is 6.08 Å². The fourth-order valence-electron chi connectivity index (χ4n) is 8.94. The Morgan fingerprint density at radius 2 is 1.23 bits per heavy atom. The Balaban J connectivity index is 0.00000242. The summed E-state index contributed by atoms with van der Waals surface area (Å²) in [6.07, 6.45) is 8.06. The Hall–Kier alpha value is -7.62. The van der Waals surface area contributed by atoms with Gasteiger partial charge < -0.3 is 13.9 Å². The number of furan rings is 1. The van der Waals surface area contributed by atoms with Crippen LogP contribution < -0.4 is 4.90 Å². The number of aromatic nitrogens is 1. The van der Waals surface area contributed by atoms with Gasteiger partial charge in [0, 0.05) is 49.9 Å². The predicted molar refractivity (Wildman–Crippen MR) is 268 cm³/mol. The third-order valence-electron chi connectivity index (χ3n) is 11.8. The van der Waals surface area contributed by atoms with Crippen molar-refractivity contribution in [3.8, 4) is 16.8 Å². The van der Waals surface area contributed by atoms with E-state index >= 15 is 0 Å². The van der Waals surface area contributed by atoms with Crippen molar-refractivity contribution in [2.75, 3.05) is 4.90 Å². The third-order valence-corrected chi connectivity index (χ3v) is 11.8. The molecule has 0 radical (unpaired) electrons. The molecule has 0 unspecified atom stereocenters. The quantitative estimate of drug-likeness (QED) is 0.145. The monoisotopic (exact) mass is 802 g/mol. The molecule has 0 saturated carbocycles. The number of benzene rings is 8. The van der Waals surface area contributed by atoms with E-state index in [9.17, 15) is 0 Å². The second kappa shape index (κ2) is 17.2. The number of hydrogen-bond donors (Lipinski definition) is 0. The highest BCUT2D eigenvalue weighted by atomic mass is 16.3. The molecular formula is C59H50N2O. The van der Waals surface area contributed by atoms with Gasteiger partial charge in [-0.25, -0.2) is 0 Å². The van der Waals surface area contributed by atoms with Gasteiger partial charge in [-0.15, -0.1) is 0 Å². The summed E-state index contributed by atoms with van der Waals surface area (Å²) in [4.78, 5) is 2.38. The maximum absolute atomic E-state index is 6.40. The lowest BCUT2D eigenvalue weighted by Gasteiger charge is -2.27. The minimum atomic E-state index is 0.787. The van der Waals surface area contributed by atoms with Crippen LogP contribution in [0.2, 0.25) is 0 Å². The van der Waals surface area contributed by atoms with Gasteiger partial charge in [-0.2, -0.15) is 0 Å². The maximum Gasteiger partial charge on any atom is 0.138 e. The molecule has 0 aliphatic heterocycles. The lowest BCUT2D eigenvalue weighted by molar-refractivity contribution is 0.541. The van der Waals surface area contributed by atoms with Crippen molar-refractivity contribution >= 4 is 78.1 Å². The van der Waals surface area contributed by atoms with Gasteiger partial charge in [-0.3, -0.25) is 0 Å². The van der Waals surface area contributed by atoms with Crippen LogP contribution in [-0.4, -0.2) is 4.57 Å². The van der Waals surface area contributed by atoms with Crippen LogP contribution in [0.1, 0.15) is 55.9 Å². The molecule has 0 amide bonds. The Morgan fingerprint density at radius 1 is 0.581 bits per heavy atom. The number of anilines is 3. The van der Waals surface area contributed by atoms with Gasteiger partial charge >= 0.3 is 0 Å². The van der Waals surface area contributed by atoms with Crippen LogP contribution in [-0.2, 0) is 0 Å². The van der Waals surface area contributed by atoms with Gasteiger partial charge in [0.25, 0.3) is 0 Å². The zero-order valence-corrected chi connectivity index (χ0v) is 36.1. The lowest BCUT2D eigenvalue weighted by Crippen LogP contribution is -2.10. The molecule has 2 aromatic heterocycles. The van der Waals surface area contributed by atoms with Crippen LogP contribution in [0.5, 0.6) is 0 Å². The largest absolute Gasteiger partial charge is 0.456 e. The molecule has 0 saturated heterocycles. The number of para-hydroxylation sites is 2. The molecule has 0 bridgehead atoms. The Labute approximate surface area is 364 Å². The smallest absolute Gasteiger partial charge is 0.138 e. The summed E-state index contributed by atoms with van der Waals surface area (Å²) in [6.45, 7) is 14.2. The van der Waals surface area contributed by atoms with E-state index < -0.39 is 0 Å². The molecule has 0 aliphatic rings. The fraction of sp³-hybridized carbons (Fsp3) is 0.0847. The summed E-state index contributed by atoms with van der Waals surface area (Å²) in [5.74, 6) is 1.65. The van der Waals surface area contributed by atoms with Crippen LogP contribution in [0.25, 0.3) is 77.9 Å². The van der Waals surface area contributed by atoms with E-state index in [-0.39, 0.29) is 0 Å². The molecule has 10 rings (SSSR count). The highest BCUT2D eigenvalue weighted by molar-refractivity contribution is 6.11. The highest BCUT2D eigenvalue weighted by Gasteiger charge is 2.20. The average Bonchev–Trinajstić information content (AvgIpc) is 3.83. The van der Waals surface area contributed by atoms with Crippen molar-refractivity contribution in [1.29, 1.82) is 0 Å². The molecule has 8 aromatic carbocycles. The van der Waals surface area contributed by atoms with Gasteiger partial charge in [0.05, 0.1) is 16.7 Å². The first-order valence-electron chi connectivity index (χ1n) is 21.6. The molecule has 302 valence electrons. The van der Waals surface area contributed by atoms with Gasteiger partial charge in [-0.05, 0) is 126 Å². The molecule has 0 N–H and O–H groups in total. The minimum Gasteiger partial charge on any atom is -0.456 e. The third kappa shape index (κ3) is 7.02. The number of allylic oxidation sites excluding steroid dienone is 2. The number of hydrogen-bond acceptors (Lipinski definition) is 2. The van der Waals surface area contributed by atoms with Crippen molar-refractivity contribution in [3.63, 3.8) is 0 Å². The van der Waals surface area contributed by atoms with E-state index in [1.807, 2.05) is 26.8 Å². The lowest BCUT2D eigenvalue weighted by atomic mass is 9.97. The summed E-state index contributed by atoms with van der Waals surface area (Å²) >= 11 is 0. The van der Waals surface area contributed by atoms with Gasteiger partial charge in [-0.1, -0.05) is 148 Å². The number of nitrogens with zero attached hydrogens (tertiary/aromatic N) is 2. The standard InChI is InChI=1S/C57H44N2O.C2H6/c1-5-16-49-38(4)57(60-56(49)7-3)48(6-2)40-27-31-46(32-28-40)58(53-24-15-18-39-17-11-12-21-50(39)53)47-33-29-42-35-41(25-26-43(42)36-47)44-30-34-55-52(37-44)51-22-13-14-23-54(51)59(55)45-19-9-8-10-20-45;1-2/h5-37H,3H2,1-2,4H3;1-2H3/b16-5-,48-6-;. The molecule has 0 aliphatic carbocycles. The zero-order chi connectivity index (χ0) is 42.7. The summed E-state index contributed by atoms with van der Waals surface area (Å²) < 4.78 is 8.77. The van der Waals surface area contributed by atoms with Crippen molar-refractivity contribution in [2.24, 2.45) is 0 Å². The first kappa shape index (κ1) is 39.8. The van der Waals surface area contributed by atoms with E-state index in [1.165, 1.54) is 60.2 Å². The molecule has 0 fully saturated rings. The molecule has 2 heterocycles. The fourth-order valence-corrected chi connectivity index (χ4v) is 8.94. The molecule has 0 spiro atoms. The van der Waals surface area contributed by atoms with Crippen LogP contribution in [0.4, 0.5) is 17.1 Å². The Morgan fingerprint density at radius 3 is 2.00 bits per heavy atom. The van der Waals surface area contributed by atoms with Gasteiger partial charge in [0.2, 0.25) is 0 Å². The predicted octanol–water partition coefficient (Wildman–Crippen LogP) is 17.3. The molecule has 62 heavy (non-hydrogen) atoms. The summed E-state index contributed by atoms with van der Waals surface area (Å²) in [5.41, 5.74) is 13.6. The van der Waals surface area contributed by atoms with Crippen molar-refractivity contribution < 1.29 is 4.42 Å². The van der Waals surface area contributed by atoms with Crippen LogP contribution >= 0.6 is 0 Å². The van der Waals surface area contributed by atoms with E-state index in [0.29, 0.717) is 0 Å². The topological polar surface area (TPSA) is 21.3 Å². The first-order valence-corrected chi connectivity index (χ1v) is 21.6. The second-order valence-electron chi connectivity index (χ2n) is 15.3. The zero-order valence-electron chi connectivity index (χ0n) is 36.1. The van der Waals surface area contributed by atoms with Crippen molar-refractivity contribution in [3.05, 3.63) is 223 Å². The van der Waals surface area contributed by atoms with Crippen molar-refractivity contribution in [1.82, 2.24) is 4.57 Å². The molecular weight excluding hydrogens is 753 g/mol. The van der Waals surface area contributed by atoms with Crippen molar-refractivity contribution in [2.45, 2.75) is 34.6 Å². The maximum atomic E-state index is 6.40. The SMILES string of the molecule is C=Cc1oc(/C(=C\C)c2ccc(N(c3ccc4cc(-c5ccc6c(c5)c5ccccc5n6-c5ccccc5)ccc4c3)c3cccc4ccccc34)cc2)c(C)c1/C=C\C.CC. The van der Waals surface area contributed by atoms with Gasteiger partial charge in [0.15, 0.2) is 0 Å². The number of fused-ring (bicyclic) bond motifs is 5. The molecule has 10 aromatic rings. The van der Waals surface area contributed by atoms with E-state index in [2.05, 4.69) is 218 Å². The van der Waals surface area contributed by atoms with E-state index in [4.69, 9.17) is 4.42 Å². The van der Waals surface area contributed by atoms with Gasteiger partial charge in [0.1, 0.15) is 11.5 Å². The summed E-state index contributed by atoms with van der Waals surface area (Å²) in [6, 6.07) is 63.9.